The Balaban J connectivity index is 2.49. The molecule has 0 bridgehead atoms. The first-order valence-electron chi connectivity index (χ1n) is 4.34. The molecule has 0 aliphatic heterocycles. The summed E-state index contributed by atoms with van der Waals surface area (Å²) in [6.07, 6.45) is 0.625. The third kappa shape index (κ3) is 3.06. The third-order valence-corrected chi connectivity index (χ3v) is 1.68. The minimum Gasteiger partial charge on any atom is -0.384 e. The lowest BCUT2D eigenvalue weighted by Crippen LogP contribution is -2.16. The van der Waals surface area contributed by atoms with E-state index >= 15 is 0 Å². The molecule has 1 atom stereocenters. The molecule has 0 fully saturated rings. The molecule has 6 nitrogen and oxygen atoms in total. The molecule has 0 saturated carbocycles. The third-order valence-electron chi connectivity index (χ3n) is 1.68. The molecule has 0 aliphatic rings. The highest BCUT2D eigenvalue weighted by atomic mass is 16.5. The summed E-state index contributed by atoms with van der Waals surface area (Å²) < 4.78 is 14.7. The molecule has 0 amide bonds. The number of nitrogens with two attached hydrogens (primary N) is 1. The molecule has 2 N–H and O–H groups in total. The van der Waals surface area contributed by atoms with E-state index in [9.17, 15) is 0 Å². The summed E-state index contributed by atoms with van der Waals surface area (Å²) in [5.74, 6) is 1.01. The predicted molar refractivity (Wildman–Crippen MR) is 48.7 cm³/mol. The topological polar surface area (TPSA) is 83.4 Å². The molecule has 1 unspecified atom stereocenters. The molecule has 80 valence electrons. The van der Waals surface area contributed by atoms with Crippen LogP contribution in [0.15, 0.2) is 4.52 Å². The summed E-state index contributed by atoms with van der Waals surface area (Å²) in [4.78, 5) is 4.10. The van der Waals surface area contributed by atoms with E-state index in [0.717, 1.165) is 0 Å². The van der Waals surface area contributed by atoms with Crippen LogP contribution in [0.4, 0.5) is 0 Å². The summed E-state index contributed by atoms with van der Waals surface area (Å²) in [7, 11) is 3.19. The van der Waals surface area contributed by atoms with Crippen LogP contribution in [0.25, 0.3) is 0 Å². The van der Waals surface area contributed by atoms with E-state index in [2.05, 4.69) is 10.1 Å². The van der Waals surface area contributed by atoms with Gasteiger partial charge in [-0.2, -0.15) is 4.98 Å². The Morgan fingerprint density at radius 3 is 2.86 bits per heavy atom. The van der Waals surface area contributed by atoms with Crippen molar-refractivity contribution < 1.29 is 14.0 Å². The minimum atomic E-state index is -0.358. The maximum Gasteiger partial charge on any atom is 0.245 e. The van der Waals surface area contributed by atoms with Gasteiger partial charge in [-0.15, -0.1) is 0 Å². The van der Waals surface area contributed by atoms with Gasteiger partial charge in [-0.25, -0.2) is 0 Å². The van der Waals surface area contributed by atoms with Gasteiger partial charge in [0.25, 0.3) is 0 Å². The van der Waals surface area contributed by atoms with Crippen molar-refractivity contribution in [2.24, 2.45) is 5.73 Å². The minimum absolute atomic E-state index is 0.358. The zero-order valence-electron chi connectivity index (χ0n) is 8.40. The van der Waals surface area contributed by atoms with E-state index in [0.29, 0.717) is 31.3 Å². The normalized spacial score (nSPS) is 13.1. The number of rotatable bonds is 6. The zero-order chi connectivity index (χ0) is 10.4. The number of nitrogens with zero attached hydrogens (tertiary/aromatic N) is 2. The van der Waals surface area contributed by atoms with E-state index in [1.165, 1.54) is 0 Å². The first-order valence-corrected chi connectivity index (χ1v) is 4.34. The lowest BCUT2D eigenvalue weighted by Gasteiger charge is -2.02. The predicted octanol–water partition coefficient (Wildman–Crippen LogP) is -0.0953. The van der Waals surface area contributed by atoms with Crippen LogP contribution in [0.1, 0.15) is 17.8 Å². The fourth-order valence-corrected chi connectivity index (χ4v) is 0.964. The molecule has 0 saturated heterocycles. The van der Waals surface area contributed by atoms with Gasteiger partial charge in [0, 0.05) is 20.6 Å². The second-order valence-corrected chi connectivity index (χ2v) is 2.85. The van der Waals surface area contributed by atoms with Crippen molar-refractivity contribution in [3.63, 3.8) is 0 Å². The van der Waals surface area contributed by atoms with Gasteiger partial charge in [-0.05, 0) is 0 Å². The Kier molecular flexibility index (Phi) is 4.51. The molecule has 1 aromatic heterocycles. The first kappa shape index (κ1) is 11.1. The van der Waals surface area contributed by atoms with Crippen molar-refractivity contribution >= 4 is 0 Å². The average Bonchev–Trinajstić information content (AvgIpc) is 2.63. The van der Waals surface area contributed by atoms with E-state index in [1.54, 1.807) is 14.2 Å². The molecule has 0 aliphatic carbocycles. The van der Waals surface area contributed by atoms with E-state index < -0.39 is 0 Å². The second kappa shape index (κ2) is 5.69. The van der Waals surface area contributed by atoms with Crippen molar-refractivity contribution in [1.82, 2.24) is 10.1 Å². The highest BCUT2D eigenvalue weighted by Gasteiger charge is 2.13. The maximum atomic E-state index is 5.70. The maximum absolute atomic E-state index is 5.70. The van der Waals surface area contributed by atoms with Gasteiger partial charge in [-0.3, -0.25) is 0 Å². The standard InChI is InChI=1S/C8H15N3O3/c1-12-4-3-7-10-8(14-11-7)6(9)5-13-2/h6H,3-5,9H2,1-2H3. The first-order chi connectivity index (χ1) is 6.77. The van der Waals surface area contributed by atoms with Gasteiger partial charge >= 0.3 is 0 Å². The smallest absolute Gasteiger partial charge is 0.245 e. The van der Waals surface area contributed by atoms with Crippen LogP contribution in [-0.2, 0) is 15.9 Å². The van der Waals surface area contributed by atoms with Gasteiger partial charge < -0.3 is 19.7 Å². The molecule has 14 heavy (non-hydrogen) atoms. The van der Waals surface area contributed by atoms with Crippen molar-refractivity contribution in [3.8, 4) is 0 Å². The number of hydrogen-bond acceptors (Lipinski definition) is 6. The monoisotopic (exact) mass is 201 g/mol. The Hall–Kier alpha value is -0.980. The Morgan fingerprint density at radius 1 is 1.43 bits per heavy atom. The fourth-order valence-electron chi connectivity index (χ4n) is 0.964. The molecular formula is C8H15N3O3. The summed E-state index contributed by atoms with van der Waals surface area (Å²) in [6.45, 7) is 0.935. The molecule has 6 heteroatoms. The molecule has 0 radical (unpaired) electrons. The van der Waals surface area contributed by atoms with E-state index in [4.69, 9.17) is 19.7 Å². The second-order valence-electron chi connectivity index (χ2n) is 2.85. The summed E-state index contributed by atoms with van der Waals surface area (Å²) in [5.41, 5.74) is 5.70. The van der Waals surface area contributed by atoms with Crippen LogP contribution in [-0.4, -0.2) is 37.6 Å². The SMILES string of the molecule is COCCc1noc(C(N)COC)n1. The van der Waals surface area contributed by atoms with Gasteiger partial charge in [0.05, 0.1) is 13.2 Å². The Labute approximate surface area is 82.4 Å². The number of aromatic nitrogens is 2. The van der Waals surface area contributed by atoms with Gasteiger partial charge in [0.1, 0.15) is 6.04 Å². The number of hydrogen-bond donors (Lipinski definition) is 1. The summed E-state index contributed by atoms with van der Waals surface area (Å²) in [5, 5.41) is 3.76. The Morgan fingerprint density at radius 2 is 2.21 bits per heavy atom. The van der Waals surface area contributed by atoms with Gasteiger partial charge in [-0.1, -0.05) is 5.16 Å². The Bertz CT molecular complexity index is 264. The largest absolute Gasteiger partial charge is 0.384 e. The number of methoxy groups -OCH3 is 2. The zero-order valence-corrected chi connectivity index (χ0v) is 8.40. The van der Waals surface area contributed by atoms with Crippen molar-refractivity contribution in [2.45, 2.75) is 12.5 Å². The molecule has 0 aromatic carbocycles. The van der Waals surface area contributed by atoms with Crippen molar-refractivity contribution in [2.75, 3.05) is 27.4 Å². The van der Waals surface area contributed by atoms with Crippen molar-refractivity contribution in [1.29, 1.82) is 0 Å². The average molecular weight is 201 g/mol. The van der Waals surface area contributed by atoms with Crippen LogP contribution >= 0.6 is 0 Å². The highest BCUT2D eigenvalue weighted by molar-refractivity contribution is 4.91. The van der Waals surface area contributed by atoms with Gasteiger partial charge in [0.2, 0.25) is 5.89 Å². The van der Waals surface area contributed by atoms with E-state index in [-0.39, 0.29) is 6.04 Å². The summed E-state index contributed by atoms with van der Waals surface area (Å²) >= 11 is 0. The quantitative estimate of drug-likeness (QED) is 0.692. The molecule has 1 rings (SSSR count). The molecule has 1 heterocycles. The van der Waals surface area contributed by atoms with Crippen LogP contribution in [0.3, 0.4) is 0 Å². The van der Waals surface area contributed by atoms with Crippen LogP contribution in [0.5, 0.6) is 0 Å². The van der Waals surface area contributed by atoms with E-state index in [1.807, 2.05) is 0 Å². The fraction of sp³-hybridized carbons (Fsp3) is 0.750. The van der Waals surface area contributed by atoms with Crippen LogP contribution < -0.4 is 5.73 Å². The lowest BCUT2D eigenvalue weighted by atomic mass is 10.3. The summed E-state index contributed by atoms with van der Waals surface area (Å²) in [6, 6.07) is -0.358. The van der Waals surface area contributed by atoms with Gasteiger partial charge in [0.15, 0.2) is 5.82 Å². The van der Waals surface area contributed by atoms with Crippen LogP contribution in [0, 0.1) is 0 Å². The number of ether oxygens (including phenoxy) is 2. The van der Waals surface area contributed by atoms with Crippen molar-refractivity contribution in [3.05, 3.63) is 11.7 Å². The molecule has 0 spiro atoms. The molecular weight excluding hydrogens is 186 g/mol. The highest BCUT2D eigenvalue weighted by Crippen LogP contribution is 2.07. The van der Waals surface area contributed by atoms with Crippen LogP contribution in [0.2, 0.25) is 0 Å². The lowest BCUT2D eigenvalue weighted by molar-refractivity contribution is 0.166. The molecule has 1 aromatic rings.